The lowest BCUT2D eigenvalue weighted by Crippen LogP contribution is -2.27. The fourth-order valence-electron chi connectivity index (χ4n) is 6.22. The second-order valence-electron chi connectivity index (χ2n) is 11.0. The van der Waals surface area contributed by atoms with Crippen molar-refractivity contribution in [3.63, 3.8) is 0 Å². The zero-order valence-electron chi connectivity index (χ0n) is 25.7. The van der Waals surface area contributed by atoms with Gasteiger partial charge in [-0.2, -0.15) is 0 Å². The number of hydrogen-bond donors (Lipinski definition) is 2. The van der Waals surface area contributed by atoms with Crippen LogP contribution in [0.3, 0.4) is 0 Å². The van der Waals surface area contributed by atoms with Crippen molar-refractivity contribution in [1.29, 1.82) is 0 Å². The highest BCUT2D eigenvalue weighted by Crippen LogP contribution is 2.47. The number of fused-ring (bicyclic) bond motifs is 5. The predicted molar refractivity (Wildman–Crippen MR) is 196 cm³/mol. The molecule has 2 aliphatic carbocycles. The van der Waals surface area contributed by atoms with Gasteiger partial charge in [-0.25, -0.2) is 0 Å². The number of benzene rings is 4. The van der Waals surface area contributed by atoms with Gasteiger partial charge in [-0.05, 0) is 65.6 Å². The van der Waals surface area contributed by atoms with E-state index in [1.807, 2.05) is 25.6 Å². The van der Waals surface area contributed by atoms with Gasteiger partial charge in [-0.3, -0.25) is 0 Å². The molecule has 2 unspecified atom stereocenters. The maximum absolute atomic E-state index is 3.75. The minimum absolute atomic E-state index is 0.0876. The second kappa shape index (κ2) is 13.0. The fraction of sp³-hybridized carbons (Fsp3) is 0.122. The first kappa shape index (κ1) is 28.8. The van der Waals surface area contributed by atoms with Gasteiger partial charge in [0.1, 0.15) is 5.37 Å². The van der Waals surface area contributed by atoms with Gasteiger partial charge in [-0.15, -0.1) is 0 Å². The van der Waals surface area contributed by atoms with Gasteiger partial charge < -0.3 is 15.2 Å². The molecule has 1 aromatic heterocycles. The van der Waals surface area contributed by atoms with Gasteiger partial charge in [0.15, 0.2) is 0 Å². The molecule has 2 heterocycles. The summed E-state index contributed by atoms with van der Waals surface area (Å²) in [5.41, 5.74) is 9.67. The molecule has 3 nitrogen and oxygen atoms in total. The molecular weight excluding hydrogens is 567 g/mol. The Morgan fingerprint density at radius 1 is 0.756 bits per heavy atom. The molecule has 2 N–H and O–H groups in total. The Kier molecular flexibility index (Phi) is 8.31. The van der Waals surface area contributed by atoms with Crippen molar-refractivity contribution in [1.82, 2.24) is 4.98 Å². The number of hydrogen-bond acceptors (Lipinski definition) is 3. The number of para-hydroxylation sites is 2. The Hall–Kier alpha value is -4.93. The number of nitrogens with one attached hydrogen (secondary N) is 2. The van der Waals surface area contributed by atoms with Crippen molar-refractivity contribution in [2.45, 2.75) is 36.6 Å². The topological polar surface area (TPSA) is 31.1 Å². The summed E-state index contributed by atoms with van der Waals surface area (Å²) in [5.74, 6) is 0. The molecule has 0 spiro atoms. The summed E-state index contributed by atoms with van der Waals surface area (Å²) in [6.45, 7) is 4.00. The van der Waals surface area contributed by atoms with Crippen molar-refractivity contribution in [3.05, 3.63) is 163 Å². The quantitative estimate of drug-likeness (QED) is 0.209. The number of aromatic amines is 1. The average Bonchev–Trinajstić information content (AvgIpc) is 3.46. The number of H-pyrrole nitrogens is 1. The van der Waals surface area contributed by atoms with Gasteiger partial charge in [0.05, 0.1) is 22.1 Å². The standard InChI is InChI=1S/C39H31N3S.C2H6/c1-2-6-13-28(12-5-1)39-41-36-25-23-33-34-26-29(21-24-35(34)40-37(33)38(36)43-39)27-14-11-19-32(22-20-27)42(30-15-7-3-8-16-30)31-17-9-4-10-18-31;1-2/h1-5,7-26,32,39-41H,6H2;1-2H3. The first-order chi connectivity index (χ1) is 22.3. The number of thioether (sulfide) groups is 1. The molecule has 0 bridgehead atoms. The Morgan fingerprint density at radius 2 is 1.53 bits per heavy atom. The van der Waals surface area contributed by atoms with Crippen LogP contribution in [-0.2, 0) is 0 Å². The molecule has 222 valence electrons. The molecule has 1 aliphatic heterocycles. The minimum atomic E-state index is 0.0876. The normalized spacial score (nSPS) is 18.4. The van der Waals surface area contributed by atoms with Crippen LogP contribution >= 0.6 is 11.8 Å². The number of nitrogens with zero attached hydrogens (tertiary/aromatic N) is 1. The lowest BCUT2D eigenvalue weighted by Gasteiger charge is -2.30. The van der Waals surface area contributed by atoms with Crippen LogP contribution in [0.4, 0.5) is 17.1 Å². The number of rotatable bonds is 5. The number of allylic oxidation sites excluding steroid dienone is 8. The average molecular weight is 604 g/mol. The van der Waals surface area contributed by atoms with Crippen molar-refractivity contribution in [2.75, 3.05) is 10.2 Å². The van der Waals surface area contributed by atoms with Crippen molar-refractivity contribution in [3.8, 4) is 0 Å². The SMILES string of the molecule is C1=CCC=C(C2Nc3ccc4c([nH]c5ccc(C6=CC=CC(N(c7ccccc7)c7ccccc7)C=C6)cc54)c3S2)C=C1.CC. The van der Waals surface area contributed by atoms with Gasteiger partial charge in [0.2, 0.25) is 0 Å². The smallest absolute Gasteiger partial charge is 0.102 e. The fourth-order valence-corrected chi connectivity index (χ4v) is 7.48. The summed E-state index contributed by atoms with van der Waals surface area (Å²) in [4.78, 5) is 7.42. The zero-order valence-corrected chi connectivity index (χ0v) is 26.5. The molecule has 0 saturated carbocycles. The number of aromatic nitrogens is 1. The Balaban J connectivity index is 0.00000160. The van der Waals surface area contributed by atoms with E-state index in [1.165, 1.54) is 60.5 Å². The van der Waals surface area contributed by atoms with E-state index >= 15 is 0 Å². The maximum Gasteiger partial charge on any atom is 0.102 e. The van der Waals surface area contributed by atoms with Crippen LogP contribution < -0.4 is 10.2 Å². The van der Waals surface area contributed by atoms with Gasteiger partial charge >= 0.3 is 0 Å². The third kappa shape index (κ3) is 5.70. The molecule has 8 rings (SSSR count). The molecule has 45 heavy (non-hydrogen) atoms. The summed E-state index contributed by atoms with van der Waals surface area (Å²) < 4.78 is 0. The van der Waals surface area contributed by atoms with E-state index in [9.17, 15) is 0 Å². The third-order valence-corrected chi connectivity index (χ3v) is 9.62. The van der Waals surface area contributed by atoms with E-state index in [1.54, 1.807) is 0 Å². The third-order valence-electron chi connectivity index (χ3n) is 8.33. The van der Waals surface area contributed by atoms with E-state index in [2.05, 4.69) is 167 Å². The van der Waals surface area contributed by atoms with Crippen LogP contribution in [0.25, 0.3) is 27.4 Å². The molecule has 0 saturated heterocycles. The number of anilines is 3. The van der Waals surface area contributed by atoms with Crippen LogP contribution in [0, 0.1) is 0 Å². The molecule has 0 fully saturated rings. The van der Waals surface area contributed by atoms with Gasteiger partial charge in [-0.1, -0.05) is 135 Å². The van der Waals surface area contributed by atoms with Crippen LogP contribution in [-0.4, -0.2) is 16.4 Å². The summed E-state index contributed by atoms with van der Waals surface area (Å²) >= 11 is 1.90. The van der Waals surface area contributed by atoms with Gasteiger partial charge in [0, 0.05) is 27.7 Å². The minimum Gasteiger partial charge on any atom is -0.368 e. The zero-order chi connectivity index (χ0) is 30.6. The van der Waals surface area contributed by atoms with Gasteiger partial charge in [0.25, 0.3) is 0 Å². The largest absolute Gasteiger partial charge is 0.368 e. The van der Waals surface area contributed by atoms with Crippen LogP contribution in [0.5, 0.6) is 0 Å². The second-order valence-corrected chi connectivity index (χ2v) is 12.1. The van der Waals surface area contributed by atoms with Crippen molar-refractivity contribution >= 4 is 56.2 Å². The molecule has 0 radical (unpaired) electrons. The highest BCUT2D eigenvalue weighted by molar-refractivity contribution is 8.01. The van der Waals surface area contributed by atoms with Crippen LogP contribution in [0.15, 0.2) is 162 Å². The van der Waals surface area contributed by atoms with Crippen LogP contribution in [0.1, 0.15) is 25.8 Å². The highest BCUT2D eigenvalue weighted by Gasteiger charge is 2.27. The molecule has 5 aromatic rings. The summed E-state index contributed by atoms with van der Waals surface area (Å²) in [7, 11) is 0. The first-order valence-electron chi connectivity index (χ1n) is 15.8. The molecule has 3 aliphatic rings. The van der Waals surface area contributed by atoms with Crippen molar-refractivity contribution < 1.29 is 0 Å². The van der Waals surface area contributed by atoms with E-state index in [0.717, 1.165) is 6.42 Å². The molecule has 0 amide bonds. The van der Waals surface area contributed by atoms with E-state index in [0.29, 0.717) is 0 Å². The molecule has 4 aromatic carbocycles. The van der Waals surface area contributed by atoms with E-state index in [-0.39, 0.29) is 11.4 Å². The maximum atomic E-state index is 3.75. The molecular formula is C41H37N3S. The Morgan fingerprint density at radius 3 is 2.31 bits per heavy atom. The Bertz CT molecular complexity index is 1970. The van der Waals surface area contributed by atoms with E-state index in [4.69, 9.17) is 0 Å². The molecule has 4 heteroatoms. The summed E-state index contributed by atoms with van der Waals surface area (Å²) in [5, 5.41) is 6.49. The lowest BCUT2D eigenvalue weighted by molar-refractivity contribution is 0.944. The summed E-state index contributed by atoms with van der Waals surface area (Å²) in [6, 6.07) is 32.6. The lowest BCUT2D eigenvalue weighted by atomic mass is 10.0. The van der Waals surface area contributed by atoms with E-state index < -0.39 is 0 Å². The van der Waals surface area contributed by atoms with Crippen molar-refractivity contribution in [2.24, 2.45) is 0 Å². The predicted octanol–water partition coefficient (Wildman–Crippen LogP) is 11.3. The Labute approximate surface area is 270 Å². The highest BCUT2D eigenvalue weighted by atomic mass is 32.2. The summed E-state index contributed by atoms with van der Waals surface area (Å²) in [6.07, 6.45) is 23.2. The molecule has 2 atom stereocenters. The van der Waals surface area contributed by atoms with Crippen LogP contribution in [0.2, 0.25) is 0 Å². The monoisotopic (exact) mass is 603 g/mol. The first-order valence-corrected chi connectivity index (χ1v) is 16.7.